The van der Waals surface area contributed by atoms with Gasteiger partial charge in [-0.05, 0) is 38.4 Å². The lowest BCUT2D eigenvalue weighted by Crippen LogP contribution is -2.48. The molecule has 1 N–H and O–H groups in total. The molecule has 3 nitrogen and oxygen atoms in total. The van der Waals surface area contributed by atoms with Crippen LogP contribution in [-0.2, 0) is 5.54 Å². The highest BCUT2D eigenvalue weighted by molar-refractivity contribution is 5.31. The molecule has 0 amide bonds. The van der Waals surface area contributed by atoms with Gasteiger partial charge in [0.05, 0.1) is 6.07 Å². The minimum Gasteiger partial charge on any atom is -0.303 e. The lowest BCUT2D eigenvalue weighted by atomic mass is 9.91. The van der Waals surface area contributed by atoms with Gasteiger partial charge in [0.2, 0.25) is 0 Å². The van der Waals surface area contributed by atoms with Gasteiger partial charge in [0, 0.05) is 13.1 Å². The molecule has 0 bridgehead atoms. The maximum atomic E-state index is 9.59. The van der Waals surface area contributed by atoms with Crippen LogP contribution in [0.3, 0.4) is 0 Å². The van der Waals surface area contributed by atoms with Gasteiger partial charge in [0.1, 0.15) is 5.54 Å². The third-order valence-electron chi connectivity index (χ3n) is 3.66. The van der Waals surface area contributed by atoms with Crippen LogP contribution in [0.25, 0.3) is 0 Å². The zero-order valence-electron chi connectivity index (χ0n) is 11.2. The first-order valence-electron chi connectivity index (χ1n) is 6.54. The van der Waals surface area contributed by atoms with Gasteiger partial charge in [0.15, 0.2) is 0 Å². The van der Waals surface area contributed by atoms with Crippen LogP contribution in [0.2, 0.25) is 0 Å². The van der Waals surface area contributed by atoms with Crippen LogP contribution in [0.15, 0.2) is 30.3 Å². The lowest BCUT2D eigenvalue weighted by molar-refractivity contribution is 0.250. The minimum atomic E-state index is -0.606. The van der Waals surface area contributed by atoms with Crippen LogP contribution in [0, 0.1) is 17.2 Å². The van der Waals surface area contributed by atoms with E-state index < -0.39 is 5.54 Å². The Kier molecular flexibility index (Phi) is 4.00. The van der Waals surface area contributed by atoms with E-state index in [2.05, 4.69) is 23.3 Å². The van der Waals surface area contributed by atoms with Gasteiger partial charge in [-0.3, -0.25) is 5.32 Å². The third kappa shape index (κ3) is 2.90. The predicted octanol–water partition coefficient (Wildman–Crippen LogP) is 1.97. The van der Waals surface area contributed by atoms with Crippen molar-refractivity contribution in [1.82, 2.24) is 10.2 Å². The fourth-order valence-corrected chi connectivity index (χ4v) is 2.40. The summed E-state index contributed by atoms with van der Waals surface area (Å²) in [4.78, 5) is 2.27. The number of hydrogen-bond donors (Lipinski definition) is 1. The number of likely N-dealkylation sites (N-methyl/N-ethyl adjacent to an activating group) is 2. The molecule has 1 atom stereocenters. The monoisotopic (exact) mass is 243 g/mol. The molecule has 0 aliphatic heterocycles. The molecule has 0 saturated heterocycles. The molecule has 96 valence electrons. The van der Waals surface area contributed by atoms with E-state index in [-0.39, 0.29) is 0 Å². The van der Waals surface area contributed by atoms with Crippen LogP contribution in [0.1, 0.15) is 18.4 Å². The summed E-state index contributed by atoms with van der Waals surface area (Å²) in [5.74, 6) is 0.846. The Labute approximate surface area is 109 Å². The molecule has 2 rings (SSSR count). The molecule has 1 aromatic carbocycles. The van der Waals surface area contributed by atoms with Crippen LogP contribution in [0.5, 0.6) is 0 Å². The van der Waals surface area contributed by atoms with Crippen LogP contribution < -0.4 is 5.32 Å². The van der Waals surface area contributed by atoms with Gasteiger partial charge in [-0.25, -0.2) is 0 Å². The van der Waals surface area contributed by atoms with Crippen LogP contribution >= 0.6 is 0 Å². The Morgan fingerprint density at radius 3 is 2.56 bits per heavy atom. The molecule has 0 radical (unpaired) electrons. The van der Waals surface area contributed by atoms with Gasteiger partial charge in [-0.1, -0.05) is 30.3 Å². The van der Waals surface area contributed by atoms with Crippen molar-refractivity contribution in [2.75, 3.05) is 27.2 Å². The van der Waals surface area contributed by atoms with E-state index >= 15 is 0 Å². The van der Waals surface area contributed by atoms with Crippen LogP contribution in [-0.4, -0.2) is 32.1 Å². The quantitative estimate of drug-likeness (QED) is 0.830. The van der Waals surface area contributed by atoms with Crippen molar-refractivity contribution in [2.45, 2.75) is 18.4 Å². The fourth-order valence-electron chi connectivity index (χ4n) is 2.40. The first kappa shape index (κ1) is 13.1. The molecule has 1 aromatic rings. The van der Waals surface area contributed by atoms with E-state index in [9.17, 15) is 5.26 Å². The normalized spacial score (nSPS) is 18.3. The Morgan fingerprint density at radius 1 is 1.39 bits per heavy atom. The Balaban J connectivity index is 2.13. The molecular formula is C15H21N3. The first-order chi connectivity index (χ1) is 8.70. The molecule has 0 heterocycles. The molecule has 3 heteroatoms. The van der Waals surface area contributed by atoms with Crippen molar-refractivity contribution in [3.8, 4) is 6.07 Å². The largest absolute Gasteiger partial charge is 0.303 e. The summed E-state index contributed by atoms with van der Waals surface area (Å²) in [5.41, 5.74) is 0.433. The minimum absolute atomic E-state index is 0.606. The van der Waals surface area contributed by atoms with Gasteiger partial charge >= 0.3 is 0 Å². The topological polar surface area (TPSA) is 39.1 Å². The van der Waals surface area contributed by atoms with E-state index in [1.165, 1.54) is 12.8 Å². The molecule has 1 saturated carbocycles. The number of rotatable bonds is 6. The van der Waals surface area contributed by atoms with Gasteiger partial charge in [-0.2, -0.15) is 5.26 Å². The molecule has 18 heavy (non-hydrogen) atoms. The summed E-state index contributed by atoms with van der Waals surface area (Å²) in [6.45, 7) is 1.82. The second-order valence-electron chi connectivity index (χ2n) is 5.27. The van der Waals surface area contributed by atoms with E-state index in [1.807, 2.05) is 37.4 Å². The predicted molar refractivity (Wildman–Crippen MR) is 73.0 cm³/mol. The second kappa shape index (κ2) is 5.51. The van der Waals surface area contributed by atoms with Crippen molar-refractivity contribution in [3.05, 3.63) is 35.9 Å². The summed E-state index contributed by atoms with van der Waals surface area (Å²) in [7, 11) is 3.96. The zero-order chi connectivity index (χ0) is 13.0. The SMILES string of the molecule is CNC(C#N)(CN(C)CC1CC1)c1ccccc1. The van der Waals surface area contributed by atoms with Crippen molar-refractivity contribution < 1.29 is 0 Å². The number of hydrogen-bond acceptors (Lipinski definition) is 3. The summed E-state index contributed by atoms with van der Waals surface area (Å²) in [6.07, 6.45) is 2.68. The lowest BCUT2D eigenvalue weighted by Gasteiger charge is -2.31. The average molecular weight is 243 g/mol. The average Bonchev–Trinajstić information content (AvgIpc) is 3.21. The highest BCUT2D eigenvalue weighted by atomic mass is 15.1. The highest BCUT2D eigenvalue weighted by Gasteiger charge is 2.33. The van der Waals surface area contributed by atoms with Crippen molar-refractivity contribution in [3.63, 3.8) is 0 Å². The summed E-state index contributed by atoms with van der Waals surface area (Å²) in [5, 5.41) is 12.8. The van der Waals surface area contributed by atoms with Gasteiger partial charge < -0.3 is 4.90 Å². The summed E-state index contributed by atoms with van der Waals surface area (Å²) < 4.78 is 0. The maximum Gasteiger partial charge on any atom is 0.144 e. The maximum absolute atomic E-state index is 9.59. The van der Waals surface area contributed by atoms with Crippen molar-refractivity contribution >= 4 is 0 Å². The Morgan fingerprint density at radius 2 is 2.06 bits per heavy atom. The Hall–Kier alpha value is -1.37. The van der Waals surface area contributed by atoms with Crippen molar-refractivity contribution in [2.24, 2.45) is 5.92 Å². The van der Waals surface area contributed by atoms with E-state index in [0.29, 0.717) is 0 Å². The molecule has 1 unspecified atom stereocenters. The first-order valence-corrected chi connectivity index (χ1v) is 6.54. The van der Waals surface area contributed by atoms with E-state index in [4.69, 9.17) is 0 Å². The summed E-state index contributed by atoms with van der Waals surface area (Å²) >= 11 is 0. The van der Waals surface area contributed by atoms with Gasteiger partial charge in [-0.15, -0.1) is 0 Å². The summed E-state index contributed by atoms with van der Waals surface area (Å²) in [6, 6.07) is 12.4. The highest BCUT2D eigenvalue weighted by Crippen LogP contribution is 2.30. The third-order valence-corrected chi connectivity index (χ3v) is 3.66. The van der Waals surface area contributed by atoms with Crippen LogP contribution in [0.4, 0.5) is 0 Å². The molecular weight excluding hydrogens is 222 g/mol. The molecule has 0 spiro atoms. The molecule has 0 aromatic heterocycles. The number of nitriles is 1. The zero-order valence-corrected chi connectivity index (χ0v) is 11.2. The van der Waals surface area contributed by atoms with E-state index in [0.717, 1.165) is 24.6 Å². The standard InChI is InChI=1S/C15H21N3/c1-17-15(11-16,14-6-4-3-5-7-14)12-18(2)10-13-8-9-13/h3-7,13,17H,8-10,12H2,1-2H3. The van der Waals surface area contributed by atoms with Crippen molar-refractivity contribution in [1.29, 1.82) is 5.26 Å². The number of nitrogens with one attached hydrogen (secondary N) is 1. The Bertz CT molecular complexity index is 419. The number of nitrogens with zero attached hydrogens (tertiary/aromatic N) is 2. The van der Waals surface area contributed by atoms with E-state index in [1.54, 1.807) is 0 Å². The van der Waals surface area contributed by atoms with Gasteiger partial charge in [0.25, 0.3) is 0 Å². The smallest absolute Gasteiger partial charge is 0.144 e. The molecule has 1 aliphatic carbocycles. The molecule has 1 fully saturated rings. The second-order valence-corrected chi connectivity index (χ2v) is 5.27. The molecule has 1 aliphatic rings. The number of benzene rings is 1. The fraction of sp³-hybridized carbons (Fsp3) is 0.533.